The van der Waals surface area contributed by atoms with Crippen LogP contribution >= 0.6 is 24.0 Å². The minimum Gasteiger partial charge on any atom is -0.373 e. The van der Waals surface area contributed by atoms with Gasteiger partial charge in [0.15, 0.2) is 5.96 Å². The molecule has 4 rings (SSSR count). The van der Waals surface area contributed by atoms with Gasteiger partial charge >= 0.3 is 0 Å². The zero-order chi connectivity index (χ0) is 19.3. The first-order valence-corrected chi connectivity index (χ1v) is 11.2. The van der Waals surface area contributed by atoms with E-state index in [0.717, 1.165) is 44.2 Å². The predicted molar refractivity (Wildman–Crippen MR) is 130 cm³/mol. The van der Waals surface area contributed by atoms with Crippen LogP contribution in [0.15, 0.2) is 35.3 Å². The first-order valence-electron chi connectivity index (χ1n) is 11.2. The van der Waals surface area contributed by atoms with Gasteiger partial charge < -0.3 is 20.3 Å². The van der Waals surface area contributed by atoms with Gasteiger partial charge in [-0.15, -0.1) is 24.0 Å². The van der Waals surface area contributed by atoms with Crippen LogP contribution in [0.3, 0.4) is 0 Å². The zero-order valence-corrected chi connectivity index (χ0v) is 20.2. The van der Waals surface area contributed by atoms with E-state index in [1.165, 1.54) is 37.7 Å². The van der Waals surface area contributed by atoms with Crippen molar-refractivity contribution in [1.82, 2.24) is 15.5 Å². The highest BCUT2D eigenvalue weighted by Gasteiger charge is 2.36. The molecule has 162 valence electrons. The monoisotopic (exact) mass is 512 g/mol. The van der Waals surface area contributed by atoms with E-state index in [0.29, 0.717) is 12.0 Å². The fourth-order valence-corrected chi connectivity index (χ4v) is 5.29. The number of piperidine rings is 2. The van der Waals surface area contributed by atoms with Gasteiger partial charge in [-0.3, -0.25) is 4.99 Å². The summed E-state index contributed by atoms with van der Waals surface area (Å²) in [7, 11) is 2.31. The average Bonchev–Trinajstić information content (AvgIpc) is 3.16. The molecule has 4 unspecified atom stereocenters. The minimum absolute atomic E-state index is 0. The maximum atomic E-state index is 6.04. The summed E-state index contributed by atoms with van der Waals surface area (Å²) in [6.45, 7) is 4.69. The van der Waals surface area contributed by atoms with Crippen molar-refractivity contribution in [2.75, 3.05) is 26.7 Å². The molecule has 5 nitrogen and oxygen atoms in total. The molecule has 0 aromatic heterocycles. The number of halogens is 1. The summed E-state index contributed by atoms with van der Waals surface area (Å²) in [6, 6.07) is 12.6. The van der Waals surface area contributed by atoms with Crippen molar-refractivity contribution in [1.29, 1.82) is 0 Å². The predicted octanol–water partition coefficient (Wildman–Crippen LogP) is 3.95. The molecule has 3 saturated heterocycles. The second kappa shape index (κ2) is 11.0. The second-order valence-corrected chi connectivity index (χ2v) is 8.69. The van der Waals surface area contributed by atoms with Crippen molar-refractivity contribution < 1.29 is 4.74 Å². The van der Waals surface area contributed by atoms with Crippen LogP contribution in [-0.2, 0) is 4.74 Å². The topological polar surface area (TPSA) is 48.9 Å². The minimum atomic E-state index is 0. The fraction of sp³-hybridized carbons (Fsp3) is 0.696. The van der Waals surface area contributed by atoms with Gasteiger partial charge in [-0.05, 0) is 51.6 Å². The van der Waals surface area contributed by atoms with Crippen molar-refractivity contribution in [3.05, 3.63) is 35.9 Å². The van der Waals surface area contributed by atoms with Gasteiger partial charge in [0.25, 0.3) is 0 Å². The van der Waals surface area contributed by atoms with Crippen LogP contribution in [0.25, 0.3) is 0 Å². The number of hydrogen-bond donors (Lipinski definition) is 2. The Morgan fingerprint density at radius 1 is 1.14 bits per heavy atom. The molecule has 3 fully saturated rings. The molecule has 0 spiro atoms. The van der Waals surface area contributed by atoms with E-state index in [9.17, 15) is 0 Å². The van der Waals surface area contributed by atoms with Gasteiger partial charge in [0.2, 0.25) is 0 Å². The van der Waals surface area contributed by atoms with E-state index >= 15 is 0 Å². The second-order valence-electron chi connectivity index (χ2n) is 8.69. The molecule has 2 bridgehead atoms. The summed E-state index contributed by atoms with van der Waals surface area (Å²) in [6.07, 6.45) is 7.81. The van der Waals surface area contributed by atoms with E-state index in [1.54, 1.807) is 0 Å². The van der Waals surface area contributed by atoms with Crippen LogP contribution in [-0.4, -0.2) is 55.7 Å². The molecule has 4 atom stereocenters. The van der Waals surface area contributed by atoms with Crippen LogP contribution in [0.4, 0.5) is 0 Å². The third-order valence-corrected chi connectivity index (χ3v) is 6.85. The normalized spacial score (nSPS) is 32.5. The first-order chi connectivity index (χ1) is 13.7. The Bertz CT molecular complexity index is 642. The average molecular weight is 512 g/mol. The Balaban J connectivity index is 0.00000240. The Morgan fingerprint density at radius 3 is 2.55 bits per heavy atom. The smallest absolute Gasteiger partial charge is 0.191 e. The van der Waals surface area contributed by atoms with Gasteiger partial charge in [-0.1, -0.05) is 36.8 Å². The molecule has 1 aromatic rings. The summed E-state index contributed by atoms with van der Waals surface area (Å²) in [5, 5.41) is 7.23. The lowest BCUT2D eigenvalue weighted by molar-refractivity contribution is 0.0526. The molecule has 2 N–H and O–H groups in total. The number of rotatable bonds is 5. The summed E-state index contributed by atoms with van der Waals surface area (Å²) >= 11 is 0. The lowest BCUT2D eigenvalue weighted by Crippen LogP contribution is -2.56. The lowest BCUT2D eigenvalue weighted by atomic mass is 9.82. The molecule has 3 aliphatic rings. The number of aliphatic imine (C=N–C) groups is 1. The molecule has 3 aliphatic heterocycles. The van der Waals surface area contributed by atoms with Crippen molar-refractivity contribution in [3.8, 4) is 0 Å². The van der Waals surface area contributed by atoms with Crippen molar-refractivity contribution in [3.63, 3.8) is 0 Å². The molecular formula is C23H37IN4O. The molecule has 29 heavy (non-hydrogen) atoms. The maximum Gasteiger partial charge on any atom is 0.191 e. The van der Waals surface area contributed by atoms with Gasteiger partial charge in [-0.25, -0.2) is 0 Å². The molecule has 0 saturated carbocycles. The number of guanidine groups is 1. The Hall–Kier alpha value is -0.860. The highest BCUT2D eigenvalue weighted by atomic mass is 127. The number of hydrogen-bond acceptors (Lipinski definition) is 3. The third-order valence-electron chi connectivity index (χ3n) is 6.85. The van der Waals surface area contributed by atoms with Crippen molar-refractivity contribution in [2.24, 2.45) is 10.9 Å². The molecule has 3 heterocycles. The molecule has 6 heteroatoms. The lowest BCUT2D eigenvalue weighted by Gasteiger charge is -2.47. The number of nitrogens with one attached hydrogen (secondary N) is 2. The van der Waals surface area contributed by atoms with E-state index in [-0.39, 0.29) is 30.1 Å². The number of nitrogens with zero attached hydrogens (tertiary/aromatic N) is 2. The van der Waals surface area contributed by atoms with E-state index in [1.807, 2.05) is 0 Å². The summed E-state index contributed by atoms with van der Waals surface area (Å²) in [5.74, 6) is 1.43. The van der Waals surface area contributed by atoms with Crippen LogP contribution < -0.4 is 10.6 Å². The number of benzene rings is 1. The summed E-state index contributed by atoms with van der Waals surface area (Å²) < 4.78 is 6.04. The molecule has 1 aromatic carbocycles. The summed E-state index contributed by atoms with van der Waals surface area (Å²) in [4.78, 5) is 7.60. The van der Waals surface area contributed by atoms with Crippen LogP contribution in [0.5, 0.6) is 0 Å². The van der Waals surface area contributed by atoms with Gasteiger partial charge in [0.1, 0.15) is 0 Å². The van der Waals surface area contributed by atoms with Crippen molar-refractivity contribution in [2.45, 2.75) is 69.7 Å². The number of fused-ring (bicyclic) bond motifs is 2. The van der Waals surface area contributed by atoms with E-state index in [2.05, 4.69) is 59.8 Å². The van der Waals surface area contributed by atoms with Crippen LogP contribution in [0.1, 0.15) is 57.1 Å². The van der Waals surface area contributed by atoms with Crippen molar-refractivity contribution >= 4 is 29.9 Å². The summed E-state index contributed by atoms with van der Waals surface area (Å²) in [5.41, 5.74) is 1.28. The first kappa shape index (κ1) is 22.8. The zero-order valence-electron chi connectivity index (χ0n) is 17.8. The highest BCUT2D eigenvalue weighted by Crippen LogP contribution is 2.35. The Kier molecular flexibility index (Phi) is 8.62. The van der Waals surface area contributed by atoms with E-state index in [4.69, 9.17) is 9.73 Å². The van der Waals surface area contributed by atoms with Gasteiger partial charge in [0.05, 0.1) is 6.10 Å². The SMILES string of the molecule is CCNC(=NCC1CCOC1c1ccccc1)NC1CC2CCCC(C1)N2C.I. The molecule has 0 radical (unpaired) electrons. The number of ether oxygens (including phenoxy) is 1. The third kappa shape index (κ3) is 5.64. The molecular weight excluding hydrogens is 475 g/mol. The van der Waals surface area contributed by atoms with Gasteiger partial charge in [0, 0.05) is 43.7 Å². The quantitative estimate of drug-likeness (QED) is 0.357. The van der Waals surface area contributed by atoms with E-state index < -0.39 is 0 Å². The highest BCUT2D eigenvalue weighted by molar-refractivity contribution is 14.0. The largest absolute Gasteiger partial charge is 0.373 e. The van der Waals surface area contributed by atoms with Gasteiger partial charge in [-0.2, -0.15) is 0 Å². The standard InChI is InChI=1S/C23H36N4O.HI/c1-3-24-23(26-19-14-20-10-7-11-21(15-19)27(20)2)25-16-18-12-13-28-22(18)17-8-5-4-6-9-17;/h4-6,8-9,18-22H,3,7,10-16H2,1-2H3,(H2,24,25,26);1H. The fourth-order valence-electron chi connectivity index (χ4n) is 5.29. The molecule has 0 aliphatic carbocycles. The Morgan fingerprint density at radius 2 is 1.86 bits per heavy atom. The Labute approximate surface area is 193 Å². The maximum absolute atomic E-state index is 6.04. The molecule has 0 amide bonds. The van der Waals surface area contributed by atoms with Crippen LogP contribution in [0.2, 0.25) is 0 Å². The van der Waals surface area contributed by atoms with Crippen LogP contribution in [0, 0.1) is 5.92 Å².